The molecule has 0 atom stereocenters. The monoisotopic (exact) mass is 226 g/mol. The van der Waals surface area contributed by atoms with Crippen molar-refractivity contribution in [2.24, 2.45) is 0 Å². The van der Waals surface area contributed by atoms with Crippen molar-refractivity contribution in [3.05, 3.63) is 23.2 Å². The lowest BCUT2D eigenvalue weighted by molar-refractivity contribution is -0.0314. The first kappa shape index (κ1) is 13.3. The van der Waals surface area contributed by atoms with Gasteiger partial charge in [-0.3, -0.25) is 0 Å². The van der Waals surface area contributed by atoms with Crippen LogP contribution in [0.1, 0.15) is 36.8 Å². The maximum atomic E-state index is 5.73. The highest BCUT2D eigenvalue weighted by molar-refractivity contribution is 5.19. The summed E-state index contributed by atoms with van der Waals surface area (Å²) in [4.78, 5) is 0. The number of ether oxygens (including phenoxy) is 2. The molecular weight excluding hydrogens is 204 g/mol. The summed E-state index contributed by atoms with van der Waals surface area (Å²) >= 11 is 0. The molecule has 0 N–H and O–H groups in total. The third kappa shape index (κ3) is 4.37. The average molecular weight is 226 g/mol. The van der Waals surface area contributed by atoms with Gasteiger partial charge in [0.15, 0.2) is 0 Å². The topological polar surface area (TPSA) is 31.6 Å². The number of unbranched alkanes of at least 4 members (excludes halogenated alkanes) is 1. The molecule has 0 amide bonds. The Morgan fingerprint density at radius 1 is 1.31 bits per heavy atom. The van der Waals surface area contributed by atoms with Crippen molar-refractivity contribution in [3.63, 3.8) is 0 Å². The number of aryl methyl sites for hydroxylation is 3. The molecule has 0 unspecified atom stereocenters. The standard InChI is InChI=1S/C13H22O3/c1-4-13-11(2)9-12(16-13)7-5-6-8-15-10-14-3/h9H,4-8,10H2,1-3H3. The SMILES string of the molecule is CCc1oc(CCCCOCOC)cc1C. The number of methoxy groups -OCH3 is 1. The van der Waals surface area contributed by atoms with Crippen LogP contribution in [0.2, 0.25) is 0 Å². The van der Waals surface area contributed by atoms with Crippen molar-refractivity contribution < 1.29 is 13.9 Å². The molecule has 1 aromatic heterocycles. The van der Waals surface area contributed by atoms with E-state index in [-0.39, 0.29) is 0 Å². The van der Waals surface area contributed by atoms with E-state index in [4.69, 9.17) is 13.9 Å². The highest BCUT2D eigenvalue weighted by atomic mass is 16.7. The number of furan rings is 1. The Morgan fingerprint density at radius 2 is 2.12 bits per heavy atom. The van der Waals surface area contributed by atoms with Gasteiger partial charge >= 0.3 is 0 Å². The van der Waals surface area contributed by atoms with Crippen molar-refractivity contribution in [1.82, 2.24) is 0 Å². The van der Waals surface area contributed by atoms with E-state index in [0.29, 0.717) is 6.79 Å². The van der Waals surface area contributed by atoms with Crippen molar-refractivity contribution >= 4 is 0 Å². The third-order valence-electron chi connectivity index (χ3n) is 2.56. The summed E-state index contributed by atoms with van der Waals surface area (Å²) in [5.74, 6) is 2.21. The fraction of sp³-hybridized carbons (Fsp3) is 0.692. The molecule has 0 spiro atoms. The van der Waals surface area contributed by atoms with E-state index in [1.54, 1.807) is 7.11 Å². The number of hydrogen-bond donors (Lipinski definition) is 0. The fourth-order valence-electron chi connectivity index (χ4n) is 1.71. The lowest BCUT2D eigenvalue weighted by atomic mass is 10.2. The highest BCUT2D eigenvalue weighted by Crippen LogP contribution is 2.16. The Hall–Kier alpha value is -0.800. The Morgan fingerprint density at radius 3 is 2.75 bits per heavy atom. The van der Waals surface area contributed by atoms with Gasteiger partial charge in [-0.15, -0.1) is 0 Å². The number of hydrogen-bond acceptors (Lipinski definition) is 3. The summed E-state index contributed by atoms with van der Waals surface area (Å²) in [5.41, 5.74) is 1.27. The zero-order chi connectivity index (χ0) is 11.8. The van der Waals surface area contributed by atoms with Crippen LogP contribution in [0.3, 0.4) is 0 Å². The van der Waals surface area contributed by atoms with E-state index in [9.17, 15) is 0 Å². The van der Waals surface area contributed by atoms with Gasteiger partial charge in [-0.05, 0) is 31.4 Å². The predicted molar refractivity (Wildman–Crippen MR) is 63.6 cm³/mol. The van der Waals surface area contributed by atoms with Gasteiger partial charge in [-0.2, -0.15) is 0 Å². The molecule has 0 saturated heterocycles. The normalized spacial score (nSPS) is 10.9. The minimum Gasteiger partial charge on any atom is -0.466 e. The molecule has 0 radical (unpaired) electrons. The Balaban J connectivity index is 2.16. The molecule has 0 aliphatic carbocycles. The summed E-state index contributed by atoms with van der Waals surface area (Å²) in [6.07, 6.45) is 4.12. The maximum Gasteiger partial charge on any atom is 0.146 e. The number of rotatable bonds is 8. The van der Waals surface area contributed by atoms with E-state index in [0.717, 1.165) is 43.8 Å². The van der Waals surface area contributed by atoms with Gasteiger partial charge in [0.2, 0.25) is 0 Å². The van der Waals surface area contributed by atoms with Gasteiger partial charge in [-0.1, -0.05) is 6.92 Å². The Bertz CT molecular complexity index is 291. The second kappa shape index (κ2) is 7.47. The molecule has 3 nitrogen and oxygen atoms in total. The summed E-state index contributed by atoms with van der Waals surface area (Å²) in [7, 11) is 1.64. The fourth-order valence-corrected chi connectivity index (χ4v) is 1.71. The van der Waals surface area contributed by atoms with Crippen molar-refractivity contribution in [2.75, 3.05) is 20.5 Å². The van der Waals surface area contributed by atoms with Crippen LogP contribution in [0.15, 0.2) is 10.5 Å². The van der Waals surface area contributed by atoms with E-state index in [1.165, 1.54) is 5.56 Å². The van der Waals surface area contributed by atoms with Crippen LogP contribution in [0.4, 0.5) is 0 Å². The summed E-state index contributed by atoms with van der Waals surface area (Å²) in [5, 5.41) is 0. The minimum atomic E-state index is 0.389. The van der Waals surface area contributed by atoms with Crippen molar-refractivity contribution in [1.29, 1.82) is 0 Å². The van der Waals surface area contributed by atoms with Crippen LogP contribution in [-0.4, -0.2) is 20.5 Å². The van der Waals surface area contributed by atoms with Crippen LogP contribution in [-0.2, 0) is 22.3 Å². The highest BCUT2D eigenvalue weighted by Gasteiger charge is 2.05. The van der Waals surface area contributed by atoms with Crippen LogP contribution < -0.4 is 0 Å². The molecule has 1 heterocycles. The molecule has 0 aromatic carbocycles. The van der Waals surface area contributed by atoms with Crippen molar-refractivity contribution in [3.8, 4) is 0 Å². The molecule has 0 saturated carbocycles. The molecule has 0 bridgehead atoms. The van der Waals surface area contributed by atoms with Gasteiger partial charge < -0.3 is 13.9 Å². The van der Waals surface area contributed by atoms with Crippen LogP contribution in [0.25, 0.3) is 0 Å². The van der Waals surface area contributed by atoms with Gasteiger partial charge in [0.1, 0.15) is 18.3 Å². The maximum absolute atomic E-state index is 5.73. The van der Waals surface area contributed by atoms with E-state index < -0.39 is 0 Å². The van der Waals surface area contributed by atoms with Crippen LogP contribution >= 0.6 is 0 Å². The second-order valence-electron chi connectivity index (χ2n) is 3.94. The van der Waals surface area contributed by atoms with Gasteiger partial charge in [0, 0.05) is 26.6 Å². The Kier molecular flexibility index (Phi) is 6.19. The molecular formula is C13H22O3. The molecule has 1 rings (SSSR count). The van der Waals surface area contributed by atoms with E-state index >= 15 is 0 Å². The van der Waals surface area contributed by atoms with E-state index in [2.05, 4.69) is 19.9 Å². The molecule has 3 heteroatoms. The molecule has 1 aromatic rings. The van der Waals surface area contributed by atoms with Crippen LogP contribution in [0, 0.1) is 6.92 Å². The molecule has 92 valence electrons. The minimum absolute atomic E-state index is 0.389. The summed E-state index contributed by atoms with van der Waals surface area (Å²) in [6, 6.07) is 2.15. The quantitative estimate of drug-likeness (QED) is 0.504. The van der Waals surface area contributed by atoms with Gasteiger partial charge in [0.25, 0.3) is 0 Å². The van der Waals surface area contributed by atoms with Crippen molar-refractivity contribution in [2.45, 2.75) is 39.5 Å². The first-order valence-corrected chi connectivity index (χ1v) is 5.92. The summed E-state index contributed by atoms with van der Waals surface area (Å²) in [6.45, 7) is 5.37. The lowest BCUT2D eigenvalue weighted by Crippen LogP contribution is -1.98. The van der Waals surface area contributed by atoms with Gasteiger partial charge in [0.05, 0.1) is 0 Å². The molecule has 0 aliphatic rings. The Labute approximate surface area is 97.7 Å². The average Bonchev–Trinajstić information content (AvgIpc) is 2.64. The zero-order valence-electron chi connectivity index (χ0n) is 10.5. The molecule has 16 heavy (non-hydrogen) atoms. The zero-order valence-corrected chi connectivity index (χ0v) is 10.5. The lowest BCUT2D eigenvalue weighted by Gasteiger charge is -2.01. The largest absolute Gasteiger partial charge is 0.466 e. The first-order valence-electron chi connectivity index (χ1n) is 5.92. The second-order valence-corrected chi connectivity index (χ2v) is 3.94. The first-order chi connectivity index (χ1) is 7.77. The van der Waals surface area contributed by atoms with E-state index in [1.807, 2.05) is 0 Å². The summed E-state index contributed by atoms with van der Waals surface area (Å²) < 4.78 is 15.7. The molecule has 0 aliphatic heterocycles. The van der Waals surface area contributed by atoms with Gasteiger partial charge in [-0.25, -0.2) is 0 Å². The van der Waals surface area contributed by atoms with Crippen LogP contribution in [0.5, 0.6) is 0 Å². The smallest absolute Gasteiger partial charge is 0.146 e. The molecule has 0 fully saturated rings. The third-order valence-corrected chi connectivity index (χ3v) is 2.56. The predicted octanol–water partition coefficient (Wildman–Crippen LogP) is 3.09.